The highest BCUT2D eigenvalue weighted by molar-refractivity contribution is 9.10. The van der Waals surface area contributed by atoms with Crippen molar-refractivity contribution in [3.8, 4) is 0 Å². The van der Waals surface area contributed by atoms with Crippen LogP contribution in [0.4, 0.5) is 0 Å². The minimum atomic E-state index is -0.403. The lowest BCUT2D eigenvalue weighted by molar-refractivity contribution is -0.120. The minimum absolute atomic E-state index is 0.0555. The molecule has 1 heterocycles. The Balaban J connectivity index is 2.35. The van der Waals surface area contributed by atoms with Gasteiger partial charge in [-0.05, 0) is 45.8 Å². The number of furan rings is 1. The van der Waals surface area contributed by atoms with Gasteiger partial charge in [-0.25, -0.2) is 0 Å². The van der Waals surface area contributed by atoms with E-state index in [1.807, 2.05) is 0 Å². The predicted molar refractivity (Wildman–Crippen MR) is 84.9 cm³/mol. The van der Waals surface area contributed by atoms with Crippen molar-refractivity contribution in [3.63, 3.8) is 0 Å². The summed E-state index contributed by atoms with van der Waals surface area (Å²) in [7, 11) is 0. The average molecular weight is 359 g/mol. The van der Waals surface area contributed by atoms with E-state index in [0.29, 0.717) is 29.0 Å². The summed E-state index contributed by atoms with van der Waals surface area (Å²) in [5.41, 5.74) is 0. The van der Waals surface area contributed by atoms with Crippen LogP contribution < -0.4 is 10.6 Å². The highest BCUT2D eigenvalue weighted by Crippen LogP contribution is 2.19. The lowest BCUT2D eigenvalue weighted by Crippen LogP contribution is -2.40. The van der Waals surface area contributed by atoms with Gasteiger partial charge in [-0.15, -0.1) is 0 Å². The number of amides is 2. The van der Waals surface area contributed by atoms with Crippen molar-refractivity contribution in [3.05, 3.63) is 22.6 Å². The maximum Gasteiger partial charge on any atom is 0.287 e. The van der Waals surface area contributed by atoms with Crippen molar-refractivity contribution in [2.24, 2.45) is 17.8 Å². The molecule has 6 heteroatoms. The van der Waals surface area contributed by atoms with Crippen molar-refractivity contribution >= 4 is 27.7 Å². The Hall–Kier alpha value is -1.30. The molecule has 0 aliphatic carbocycles. The maximum atomic E-state index is 11.8. The first-order valence-corrected chi connectivity index (χ1v) is 7.90. The predicted octanol–water partition coefficient (Wildman–Crippen LogP) is 2.82. The van der Waals surface area contributed by atoms with Crippen LogP contribution in [0.25, 0.3) is 0 Å². The van der Waals surface area contributed by atoms with Gasteiger partial charge >= 0.3 is 0 Å². The Bertz CT molecular complexity index is 475. The largest absolute Gasteiger partial charge is 0.444 e. The van der Waals surface area contributed by atoms with Crippen molar-refractivity contribution < 1.29 is 14.0 Å². The highest BCUT2D eigenvalue weighted by atomic mass is 79.9. The quantitative estimate of drug-likeness (QED) is 0.787. The number of hydrogen-bond donors (Lipinski definition) is 2. The molecule has 1 aromatic rings. The fourth-order valence-electron chi connectivity index (χ4n) is 2.22. The molecule has 0 saturated heterocycles. The maximum absolute atomic E-state index is 11.8. The van der Waals surface area contributed by atoms with Crippen LogP contribution in [0, 0.1) is 17.8 Å². The number of carbonyl (C=O) groups is 2. The van der Waals surface area contributed by atoms with Gasteiger partial charge in [0.2, 0.25) is 5.91 Å². The second kappa shape index (κ2) is 8.22. The van der Waals surface area contributed by atoms with Crippen LogP contribution in [0.3, 0.4) is 0 Å². The van der Waals surface area contributed by atoms with Crippen LogP contribution in [0.2, 0.25) is 0 Å². The van der Waals surface area contributed by atoms with E-state index in [4.69, 9.17) is 4.42 Å². The molecule has 2 amide bonds. The molecule has 0 aliphatic heterocycles. The van der Waals surface area contributed by atoms with E-state index < -0.39 is 5.91 Å². The number of carbonyl (C=O) groups excluding carboxylic acids is 2. The Morgan fingerprint density at radius 2 is 1.76 bits per heavy atom. The average Bonchev–Trinajstić information content (AvgIpc) is 2.82. The zero-order valence-electron chi connectivity index (χ0n) is 12.9. The van der Waals surface area contributed by atoms with Gasteiger partial charge in [0.1, 0.15) is 0 Å². The fraction of sp³-hybridized carbons (Fsp3) is 0.600. The Labute approximate surface area is 134 Å². The third-order valence-electron chi connectivity index (χ3n) is 3.45. The molecule has 0 radical (unpaired) electrons. The Morgan fingerprint density at radius 3 is 2.24 bits per heavy atom. The van der Waals surface area contributed by atoms with Gasteiger partial charge < -0.3 is 15.1 Å². The summed E-state index contributed by atoms with van der Waals surface area (Å²) in [5.74, 6) is 1.00. The third kappa shape index (κ3) is 5.91. The van der Waals surface area contributed by atoms with Gasteiger partial charge in [0.25, 0.3) is 5.91 Å². The molecule has 0 saturated carbocycles. The highest BCUT2D eigenvalue weighted by Gasteiger charge is 2.18. The summed E-state index contributed by atoms with van der Waals surface area (Å²) in [6, 6.07) is 3.18. The molecule has 1 rings (SSSR count). The van der Waals surface area contributed by atoms with Crippen LogP contribution >= 0.6 is 15.9 Å². The Morgan fingerprint density at radius 1 is 1.14 bits per heavy atom. The van der Waals surface area contributed by atoms with E-state index >= 15 is 0 Å². The monoisotopic (exact) mass is 358 g/mol. The first-order valence-electron chi connectivity index (χ1n) is 7.11. The lowest BCUT2D eigenvalue weighted by atomic mass is 9.85. The van der Waals surface area contributed by atoms with E-state index in [1.54, 1.807) is 12.1 Å². The summed E-state index contributed by atoms with van der Waals surface area (Å²) in [4.78, 5) is 23.5. The summed E-state index contributed by atoms with van der Waals surface area (Å²) in [5, 5.41) is 5.39. The molecule has 0 aliphatic rings. The summed E-state index contributed by atoms with van der Waals surface area (Å²) < 4.78 is 5.59. The first-order chi connectivity index (χ1) is 9.81. The molecule has 0 bridgehead atoms. The van der Waals surface area contributed by atoms with Gasteiger partial charge in [0, 0.05) is 6.54 Å². The minimum Gasteiger partial charge on any atom is -0.444 e. The van der Waals surface area contributed by atoms with E-state index in [-0.39, 0.29) is 18.2 Å². The first kappa shape index (κ1) is 17.8. The van der Waals surface area contributed by atoms with E-state index in [9.17, 15) is 9.59 Å². The van der Waals surface area contributed by atoms with Gasteiger partial charge in [-0.1, -0.05) is 27.7 Å². The molecule has 0 spiro atoms. The SMILES string of the molecule is CC(C)C(CNC(=O)CNC(=O)c1ccc(Br)o1)C(C)C. The molecule has 5 nitrogen and oxygen atoms in total. The van der Waals surface area contributed by atoms with E-state index in [1.165, 1.54) is 0 Å². The van der Waals surface area contributed by atoms with Crippen molar-refractivity contribution in [2.45, 2.75) is 27.7 Å². The molecule has 0 fully saturated rings. The molecule has 0 atom stereocenters. The van der Waals surface area contributed by atoms with E-state index in [0.717, 1.165) is 0 Å². The molecule has 0 aromatic carbocycles. The second-order valence-electron chi connectivity index (χ2n) is 5.74. The van der Waals surface area contributed by atoms with Crippen LogP contribution in [0.15, 0.2) is 21.2 Å². The van der Waals surface area contributed by atoms with Gasteiger partial charge in [-0.3, -0.25) is 9.59 Å². The molecule has 1 aromatic heterocycles. The standard InChI is InChI=1S/C15H23BrN2O3/c1-9(2)11(10(3)4)7-17-14(19)8-18-15(20)12-5-6-13(16)21-12/h5-6,9-11H,7-8H2,1-4H3,(H,17,19)(H,18,20). The summed E-state index contributed by atoms with van der Waals surface area (Å²) >= 11 is 3.12. The van der Waals surface area contributed by atoms with Crippen LogP contribution in [-0.2, 0) is 4.79 Å². The van der Waals surface area contributed by atoms with Gasteiger partial charge in [0.15, 0.2) is 10.4 Å². The number of rotatable bonds is 7. The van der Waals surface area contributed by atoms with Crippen molar-refractivity contribution in [2.75, 3.05) is 13.1 Å². The van der Waals surface area contributed by atoms with E-state index in [2.05, 4.69) is 54.3 Å². The fourth-order valence-corrected chi connectivity index (χ4v) is 2.53. The second-order valence-corrected chi connectivity index (χ2v) is 6.52. The van der Waals surface area contributed by atoms with Crippen LogP contribution in [0.1, 0.15) is 38.2 Å². The normalized spacial score (nSPS) is 11.2. The smallest absolute Gasteiger partial charge is 0.287 e. The number of nitrogens with one attached hydrogen (secondary N) is 2. The molecular formula is C15H23BrN2O3. The Kier molecular flexibility index (Phi) is 6.95. The molecule has 2 N–H and O–H groups in total. The zero-order chi connectivity index (χ0) is 16.0. The summed E-state index contributed by atoms with van der Waals surface area (Å²) in [6.45, 7) is 9.15. The van der Waals surface area contributed by atoms with Crippen LogP contribution in [-0.4, -0.2) is 24.9 Å². The molecule has 21 heavy (non-hydrogen) atoms. The number of halogens is 1. The van der Waals surface area contributed by atoms with Gasteiger partial charge in [0.05, 0.1) is 6.54 Å². The van der Waals surface area contributed by atoms with Crippen molar-refractivity contribution in [1.29, 1.82) is 0 Å². The zero-order valence-corrected chi connectivity index (χ0v) is 14.5. The lowest BCUT2D eigenvalue weighted by Gasteiger charge is -2.25. The molecule has 0 unspecified atom stereocenters. The third-order valence-corrected chi connectivity index (χ3v) is 3.88. The van der Waals surface area contributed by atoms with Gasteiger partial charge in [-0.2, -0.15) is 0 Å². The molecular weight excluding hydrogens is 336 g/mol. The number of hydrogen-bond acceptors (Lipinski definition) is 3. The molecule has 118 valence electrons. The van der Waals surface area contributed by atoms with Crippen molar-refractivity contribution in [1.82, 2.24) is 10.6 Å². The van der Waals surface area contributed by atoms with Crippen LogP contribution in [0.5, 0.6) is 0 Å². The topological polar surface area (TPSA) is 71.3 Å². The summed E-state index contributed by atoms with van der Waals surface area (Å²) in [6.07, 6.45) is 0.